The van der Waals surface area contributed by atoms with E-state index in [9.17, 15) is 9.59 Å². The van der Waals surface area contributed by atoms with Crippen LogP contribution in [0.4, 0.5) is 5.69 Å². The maximum Gasteiger partial charge on any atom is 0.346 e. The van der Waals surface area contributed by atoms with Crippen LogP contribution in [-0.2, 0) is 9.53 Å². The lowest BCUT2D eigenvalue weighted by atomic mass is 10.1. The van der Waals surface area contributed by atoms with Gasteiger partial charge in [-0.05, 0) is 37.3 Å². The van der Waals surface area contributed by atoms with Crippen LogP contribution in [0.2, 0.25) is 10.0 Å². The molecule has 0 aliphatic carbocycles. The second kappa shape index (κ2) is 8.78. The second-order valence-corrected chi connectivity index (χ2v) is 6.04. The molecule has 0 aliphatic heterocycles. The minimum absolute atomic E-state index is 0.0953. The summed E-state index contributed by atoms with van der Waals surface area (Å²) >= 11 is 11.9. The summed E-state index contributed by atoms with van der Waals surface area (Å²) < 4.78 is 15.6. The van der Waals surface area contributed by atoms with Crippen molar-refractivity contribution in [2.45, 2.75) is 13.0 Å². The summed E-state index contributed by atoms with van der Waals surface area (Å²) in [6.07, 6.45) is -1.09. The summed E-state index contributed by atoms with van der Waals surface area (Å²) in [5.41, 5.74) is 0.417. The number of methoxy groups -OCH3 is 2. The highest BCUT2D eigenvalue weighted by molar-refractivity contribution is 6.35. The fourth-order valence-electron chi connectivity index (χ4n) is 2.15. The molecule has 0 aromatic heterocycles. The fraction of sp³-hybridized carbons (Fsp3) is 0.222. The molecule has 8 heteroatoms. The largest absolute Gasteiger partial charge is 0.496 e. The highest BCUT2D eigenvalue weighted by Crippen LogP contribution is 2.29. The number of hydrogen-bond donors (Lipinski definition) is 1. The van der Waals surface area contributed by atoms with Crippen molar-refractivity contribution in [3.05, 3.63) is 52.0 Å². The lowest BCUT2D eigenvalue weighted by Crippen LogP contribution is -2.30. The Balaban J connectivity index is 2.14. The number of halogens is 2. The van der Waals surface area contributed by atoms with Gasteiger partial charge in [-0.15, -0.1) is 0 Å². The molecule has 0 saturated heterocycles. The van der Waals surface area contributed by atoms with Gasteiger partial charge < -0.3 is 19.5 Å². The highest BCUT2D eigenvalue weighted by atomic mass is 35.5. The molecule has 138 valence electrons. The van der Waals surface area contributed by atoms with E-state index in [0.717, 1.165) is 0 Å². The molecule has 0 saturated carbocycles. The molecule has 0 radical (unpaired) electrons. The molecule has 1 atom stereocenters. The van der Waals surface area contributed by atoms with Crippen molar-refractivity contribution in [3.63, 3.8) is 0 Å². The molecule has 6 nitrogen and oxygen atoms in total. The Hall–Kier alpha value is -2.44. The molecule has 1 amide bonds. The number of amides is 1. The van der Waals surface area contributed by atoms with Gasteiger partial charge in [-0.1, -0.05) is 29.3 Å². The van der Waals surface area contributed by atoms with E-state index in [1.807, 2.05) is 0 Å². The Morgan fingerprint density at radius 3 is 2.23 bits per heavy atom. The van der Waals surface area contributed by atoms with E-state index in [4.69, 9.17) is 37.4 Å². The smallest absolute Gasteiger partial charge is 0.346 e. The van der Waals surface area contributed by atoms with Gasteiger partial charge >= 0.3 is 5.97 Å². The molecular weight excluding hydrogens is 381 g/mol. The SMILES string of the molecule is COc1cccc(OC)c1C(=O)OC(C)C(=O)Nc1cc(Cl)ccc1Cl. The van der Waals surface area contributed by atoms with Crippen LogP contribution in [0.15, 0.2) is 36.4 Å². The lowest BCUT2D eigenvalue weighted by molar-refractivity contribution is -0.123. The molecule has 2 aromatic rings. The van der Waals surface area contributed by atoms with Gasteiger partial charge in [-0.2, -0.15) is 0 Å². The Kier molecular flexibility index (Phi) is 6.71. The van der Waals surface area contributed by atoms with E-state index < -0.39 is 18.0 Å². The van der Waals surface area contributed by atoms with Crippen molar-refractivity contribution in [2.24, 2.45) is 0 Å². The summed E-state index contributed by atoms with van der Waals surface area (Å²) in [6.45, 7) is 1.44. The molecule has 0 fully saturated rings. The van der Waals surface area contributed by atoms with Crippen LogP contribution >= 0.6 is 23.2 Å². The Morgan fingerprint density at radius 2 is 1.65 bits per heavy atom. The summed E-state index contributed by atoms with van der Waals surface area (Å²) in [7, 11) is 2.84. The zero-order chi connectivity index (χ0) is 19.3. The maximum atomic E-state index is 12.5. The average molecular weight is 398 g/mol. The van der Waals surface area contributed by atoms with Crippen LogP contribution in [0.3, 0.4) is 0 Å². The first-order valence-corrected chi connectivity index (χ1v) is 8.30. The van der Waals surface area contributed by atoms with Gasteiger partial charge in [0.05, 0.1) is 24.9 Å². The Bertz CT molecular complexity index is 803. The van der Waals surface area contributed by atoms with Gasteiger partial charge in [-0.25, -0.2) is 4.79 Å². The number of hydrogen-bond acceptors (Lipinski definition) is 5. The number of anilines is 1. The van der Waals surface area contributed by atoms with Crippen molar-refractivity contribution in [1.82, 2.24) is 0 Å². The Morgan fingerprint density at radius 1 is 1.04 bits per heavy atom. The van der Waals surface area contributed by atoms with Gasteiger partial charge in [0.15, 0.2) is 6.10 Å². The first-order chi connectivity index (χ1) is 12.4. The van der Waals surface area contributed by atoms with Gasteiger partial charge in [-0.3, -0.25) is 4.79 Å². The normalized spacial score (nSPS) is 11.4. The van der Waals surface area contributed by atoms with Crippen molar-refractivity contribution in [1.29, 1.82) is 0 Å². The van der Waals surface area contributed by atoms with Crippen molar-refractivity contribution >= 4 is 40.8 Å². The summed E-state index contributed by atoms with van der Waals surface area (Å²) in [4.78, 5) is 24.8. The number of nitrogens with one attached hydrogen (secondary N) is 1. The van der Waals surface area contributed by atoms with Crippen LogP contribution < -0.4 is 14.8 Å². The van der Waals surface area contributed by atoms with Crippen molar-refractivity contribution in [2.75, 3.05) is 19.5 Å². The van der Waals surface area contributed by atoms with E-state index >= 15 is 0 Å². The molecule has 0 heterocycles. The topological polar surface area (TPSA) is 73.9 Å². The monoisotopic (exact) mass is 397 g/mol. The minimum Gasteiger partial charge on any atom is -0.496 e. The molecule has 0 spiro atoms. The number of benzene rings is 2. The second-order valence-electron chi connectivity index (χ2n) is 5.20. The zero-order valence-corrected chi connectivity index (χ0v) is 15.9. The summed E-state index contributed by atoms with van der Waals surface area (Å²) in [6, 6.07) is 9.50. The quantitative estimate of drug-likeness (QED) is 0.739. The number of esters is 1. The first kappa shape index (κ1) is 19.9. The predicted molar refractivity (Wildman–Crippen MR) is 99.5 cm³/mol. The third-order valence-corrected chi connectivity index (χ3v) is 4.04. The molecule has 2 rings (SSSR count). The molecular formula is C18H17Cl2NO5. The van der Waals surface area contributed by atoms with Gasteiger partial charge in [0.2, 0.25) is 0 Å². The van der Waals surface area contributed by atoms with Gasteiger partial charge in [0, 0.05) is 5.02 Å². The van der Waals surface area contributed by atoms with Crippen LogP contribution in [-0.4, -0.2) is 32.2 Å². The van der Waals surface area contributed by atoms with Crippen molar-refractivity contribution in [3.8, 4) is 11.5 Å². The number of carbonyl (C=O) groups is 2. The van der Waals surface area contributed by atoms with E-state index in [0.29, 0.717) is 15.7 Å². The predicted octanol–water partition coefficient (Wildman–Crippen LogP) is 4.19. The van der Waals surface area contributed by atoms with Crippen LogP contribution in [0.25, 0.3) is 0 Å². The first-order valence-electron chi connectivity index (χ1n) is 7.55. The van der Waals surface area contributed by atoms with E-state index in [1.54, 1.807) is 30.3 Å². The minimum atomic E-state index is -1.09. The number of rotatable bonds is 6. The standard InChI is InChI=1S/C18H17Cl2NO5/c1-10(17(22)21-13-9-11(19)7-8-12(13)20)26-18(23)16-14(24-2)5-4-6-15(16)25-3/h4-10H,1-3H3,(H,21,22). The number of ether oxygens (including phenoxy) is 3. The highest BCUT2D eigenvalue weighted by Gasteiger charge is 2.25. The lowest BCUT2D eigenvalue weighted by Gasteiger charge is -2.16. The maximum absolute atomic E-state index is 12.5. The summed E-state index contributed by atoms with van der Waals surface area (Å²) in [5, 5.41) is 3.29. The third kappa shape index (κ3) is 4.59. The molecule has 2 aromatic carbocycles. The van der Waals surface area contributed by atoms with Crippen LogP contribution in [0.1, 0.15) is 17.3 Å². The van der Waals surface area contributed by atoms with Crippen LogP contribution in [0, 0.1) is 0 Å². The van der Waals surface area contributed by atoms with Crippen molar-refractivity contribution < 1.29 is 23.8 Å². The van der Waals surface area contributed by atoms with Gasteiger partial charge in [0.25, 0.3) is 5.91 Å². The van der Waals surface area contributed by atoms with Gasteiger partial charge in [0.1, 0.15) is 17.1 Å². The molecule has 26 heavy (non-hydrogen) atoms. The third-order valence-electron chi connectivity index (χ3n) is 3.47. The van der Waals surface area contributed by atoms with E-state index in [2.05, 4.69) is 5.32 Å². The zero-order valence-electron chi connectivity index (χ0n) is 14.3. The van der Waals surface area contributed by atoms with E-state index in [1.165, 1.54) is 27.2 Å². The molecule has 1 N–H and O–H groups in total. The average Bonchev–Trinajstić information content (AvgIpc) is 2.63. The molecule has 1 unspecified atom stereocenters. The summed E-state index contributed by atoms with van der Waals surface area (Å²) in [5.74, 6) is -0.754. The number of carbonyl (C=O) groups excluding carboxylic acids is 2. The Labute approximate surface area is 160 Å². The van der Waals surface area contributed by atoms with Crippen LogP contribution in [0.5, 0.6) is 11.5 Å². The molecule has 0 aliphatic rings. The molecule has 0 bridgehead atoms. The fourth-order valence-corrected chi connectivity index (χ4v) is 2.49. The van der Waals surface area contributed by atoms with E-state index in [-0.39, 0.29) is 17.1 Å².